The van der Waals surface area contributed by atoms with Crippen LogP contribution in [-0.4, -0.2) is 20.8 Å². The first-order valence-corrected chi connectivity index (χ1v) is 7.95. The number of aryl methyl sites for hydroxylation is 2. The lowest BCUT2D eigenvalue weighted by Gasteiger charge is -2.11. The summed E-state index contributed by atoms with van der Waals surface area (Å²) in [5.74, 6) is 0.306. The van der Waals surface area contributed by atoms with Gasteiger partial charge in [0.15, 0.2) is 11.5 Å². The van der Waals surface area contributed by atoms with E-state index < -0.39 is 0 Å². The molecule has 1 atom stereocenters. The zero-order chi connectivity index (χ0) is 17.1. The Morgan fingerprint density at radius 3 is 2.75 bits per heavy atom. The van der Waals surface area contributed by atoms with Crippen LogP contribution in [0.2, 0.25) is 0 Å². The second kappa shape index (κ2) is 6.70. The Kier molecular flexibility index (Phi) is 4.46. The number of nitrogens with one attached hydrogen (secondary N) is 1. The molecule has 2 aromatic heterocycles. The van der Waals surface area contributed by atoms with Crippen molar-refractivity contribution in [3.63, 3.8) is 0 Å². The van der Waals surface area contributed by atoms with Gasteiger partial charge in [-0.25, -0.2) is 0 Å². The smallest absolute Gasteiger partial charge is 0.273 e. The Morgan fingerprint density at radius 2 is 2.08 bits per heavy atom. The van der Waals surface area contributed by atoms with Crippen molar-refractivity contribution in [2.75, 3.05) is 0 Å². The van der Waals surface area contributed by atoms with E-state index in [0.717, 1.165) is 23.4 Å². The van der Waals surface area contributed by atoms with Crippen molar-refractivity contribution in [3.8, 4) is 11.3 Å². The lowest BCUT2D eigenvalue weighted by Crippen LogP contribution is -2.27. The van der Waals surface area contributed by atoms with Gasteiger partial charge in [0.2, 0.25) is 0 Å². The molecule has 0 bridgehead atoms. The third-order valence-corrected chi connectivity index (χ3v) is 3.92. The molecule has 0 saturated carbocycles. The highest BCUT2D eigenvalue weighted by molar-refractivity contribution is 5.93. The van der Waals surface area contributed by atoms with Crippen LogP contribution in [0, 0.1) is 6.92 Å². The van der Waals surface area contributed by atoms with E-state index in [9.17, 15) is 4.79 Å². The predicted molar refractivity (Wildman–Crippen MR) is 90.5 cm³/mol. The standard InChI is InChI=1S/C18H20N4O2/c1-4-22-11-15(13(3)20-22)12(2)19-18(23)16-10-17(24-21-16)14-8-6-5-7-9-14/h5-12H,4H2,1-3H3,(H,19,23). The molecule has 6 nitrogen and oxygen atoms in total. The summed E-state index contributed by atoms with van der Waals surface area (Å²) >= 11 is 0. The molecular formula is C18H20N4O2. The molecule has 1 amide bonds. The number of aromatic nitrogens is 3. The predicted octanol–water partition coefficient (Wildman–Crippen LogP) is 3.36. The van der Waals surface area contributed by atoms with Crippen molar-refractivity contribution in [2.24, 2.45) is 0 Å². The van der Waals surface area contributed by atoms with Gasteiger partial charge in [0.25, 0.3) is 5.91 Å². The van der Waals surface area contributed by atoms with Gasteiger partial charge in [0.05, 0.1) is 11.7 Å². The molecule has 0 aliphatic rings. The average molecular weight is 324 g/mol. The van der Waals surface area contributed by atoms with Crippen LogP contribution < -0.4 is 5.32 Å². The van der Waals surface area contributed by atoms with Gasteiger partial charge in [-0.3, -0.25) is 9.48 Å². The molecule has 0 radical (unpaired) electrons. The maximum Gasteiger partial charge on any atom is 0.273 e. The Morgan fingerprint density at radius 1 is 1.33 bits per heavy atom. The van der Waals surface area contributed by atoms with Crippen LogP contribution in [0.5, 0.6) is 0 Å². The van der Waals surface area contributed by atoms with Crippen molar-refractivity contribution in [2.45, 2.75) is 33.4 Å². The van der Waals surface area contributed by atoms with E-state index in [2.05, 4.69) is 15.6 Å². The number of rotatable bonds is 5. The van der Waals surface area contributed by atoms with Gasteiger partial charge in [-0.05, 0) is 20.8 Å². The fourth-order valence-corrected chi connectivity index (χ4v) is 2.59. The monoisotopic (exact) mass is 324 g/mol. The highest BCUT2D eigenvalue weighted by Crippen LogP contribution is 2.21. The zero-order valence-corrected chi connectivity index (χ0v) is 14.0. The first-order valence-electron chi connectivity index (χ1n) is 7.95. The highest BCUT2D eigenvalue weighted by atomic mass is 16.5. The van der Waals surface area contributed by atoms with E-state index in [4.69, 9.17) is 4.52 Å². The number of benzene rings is 1. The molecule has 0 spiro atoms. The lowest BCUT2D eigenvalue weighted by atomic mass is 10.1. The molecule has 1 unspecified atom stereocenters. The van der Waals surface area contributed by atoms with Crippen LogP contribution in [0.1, 0.15) is 41.6 Å². The highest BCUT2D eigenvalue weighted by Gasteiger charge is 2.19. The number of carbonyl (C=O) groups is 1. The molecule has 2 heterocycles. The Bertz CT molecular complexity index is 836. The quantitative estimate of drug-likeness (QED) is 0.781. The first-order chi connectivity index (χ1) is 11.6. The number of carbonyl (C=O) groups excluding carboxylic acids is 1. The fraction of sp³-hybridized carbons (Fsp3) is 0.278. The van der Waals surface area contributed by atoms with Crippen molar-refractivity contribution in [1.82, 2.24) is 20.3 Å². The zero-order valence-electron chi connectivity index (χ0n) is 14.0. The van der Waals surface area contributed by atoms with Crippen molar-refractivity contribution in [3.05, 3.63) is 59.5 Å². The van der Waals surface area contributed by atoms with E-state index >= 15 is 0 Å². The molecule has 24 heavy (non-hydrogen) atoms. The summed E-state index contributed by atoms with van der Waals surface area (Å²) in [6.07, 6.45) is 1.96. The molecular weight excluding hydrogens is 304 g/mol. The van der Waals surface area contributed by atoms with E-state index in [1.54, 1.807) is 6.07 Å². The van der Waals surface area contributed by atoms with Gasteiger partial charge in [-0.2, -0.15) is 5.10 Å². The van der Waals surface area contributed by atoms with Gasteiger partial charge < -0.3 is 9.84 Å². The molecule has 0 aliphatic heterocycles. The van der Waals surface area contributed by atoms with Crippen molar-refractivity contribution in [1.29, 1.82) is 0 Å². The maximum absolute atomic E-state index is 12.4. The van der Waals surface area contributed by atoms with Gasteiger partial charge in [0, 0.05) is 29.9 Å². The third-order valence-electron chi connectivity index (χ3n) is 3.92. The largest absolute Gasteiger partial charge is 0.355 e. The van der Waals surface area contributed by atoms with Gasteiger partial charge in [0.1, 0.15) is 0 Å². The Labute approximate surface area is 140 Å². The summed E-state index contributed by atoms with van der Waals surface area (Å²) in [6.45, 7) is 6.69. The summed E-state index contributed by atoms with van der Waals surface area (Å²) in [7, 11) is 0. The number of hydrogen-bond acceptors (Lipinski definition) is 4. The van der Waals surface area contributed by atoms with E-state index in [1.807, 2.05) is 62.0 Å². The molecule has 3 rings (SSSR count). The molecule has 0 fully saturated rings. The summed E-state index contributed by atoms with van der Waals surface area (Å²) in [4.78, 5) is 12.4. The second-order valence-corrected chi connectivity index (χ2v) is 5.66. The molecule has 0 aliphatic carbocycles. The summed E-state index contributed by atoms with van der Waals surface area (Å²) in [5.41, 5.74) is 3.06. The molecule has 6 heteroatoms. The number of amides is 1. The van der Waals surface area contributed by atoms with E-state index in [0.29, 0.717) is 5.76 Å². The fourth-order valence-electron chi connectivity index (χ4n) is 2.59. The molecule has 124 valence electrons. The number of nitrogens with zero attached hydrogens (tertiary/aromatic N) is 3. The molecule has 3 aromatic rings. The van der Waals surface area contributed by atoms with Crippen LogP contribution in [-0.2, 0) is 6.54 Å². The average Bonchev–Trinajstić information content (AvgIpc) is 3.22. The van der Waals surface area contributed by atoms with Crippen LogP contribution in [0.15, 0.2) is 47.1 Å². The van der Waals surface area contributed by atoms with E-state index in [-0.39, 0.29) is 17.6 Å². The summed E-state index contributed by atoms with van der Waals surface area (Å²) in [6, 6.07) is 11.1. The van der Waals surface area contributed by atoms with Crippen molar-refractivity contribution >= 4 is 5.91 Å². The van der Waals surface area contributed by atoms with Crippen LogP contribution in [0.4, 0.5) is 0 Å². The minimum absolute atomic E-state index is 0.158. The normalized spacial score (nSPS) is 12.1. The molecule has 0 saturated heterocycles. The Balaban J connectivity index is 1.73. The van der Waals surface area contributed by atoms with E-state index in [1.165, 1.54) is 0 Å². The van der Waals surface area contributed by atoms with Crippen LogP contribution >= 0.6 is 0 Å². The summed E-state index contributed by atoms with van der Waals surface area (Å²) in [5, 5.41) is 11.2. The Hall–Kier alpha value is -2.89. The summed E-state index contributed by atoms with van der Waals surface area (Å²) < 4.78 is 7.14. The topological polar surface area (TPSA) is 73.0 Å². The van der Waals surface area contributed by atoms with Crippen LogP contribution in [0.3, 0.4) is 0 Å². The third kappa shape index (κ3) is 3.22. The molecule has 1 aromatic carbocycles. The lowest BCUT2D eigenvalue weighted by molar-refractivity contribution is 0.0931. The first kappa shape index (κ1) is 16.0. The van der Waals surface area contributed by atoms with Gasteiger partial charge in [-0.15, -0.1) is 0 Å². The van der Waals surface area contributed by atoms with Crippen LogP contribution in [0.25, 0.3) is 11.3 Å². The minimum Gasteiger partial charge on any atom is -0.355 e. The maximum atomic E-state index is 12.4. The van der Waals surface area contributed by atoms with Gasteiger partial charge >= 0.3 is 0 Å². The SMILES string of the molecule is CCn1cc(C(C)NC(=O)c2cc(-c3ccccc3)on2)c(C)n1. The second-order valence-electron chi connectivity index (χ2n) is 5.66. The van der Waals surface area contributed by atoms with Crippen molar-refractivity contribution < 1.29 is 9.32 Å². The van der Waals surface area contributed by atoms with Gasteiger partial charge in [-0.1, -0.05) is 35.5 Å². The minimum atomic E-state index is -0.267. The molecule has 1 N–H and O–H groups in total. The number of hydrogen-bond donors (Lipinski definition) is 1.